The predicted octanol–water partition coefficient (Wildman–Crippen LogP) is -0.199. The molecule has 0 spiro atoms. The highest BCUT2D eigenvalue weighted by molar-refractivity contribution is 5.90. The molecule has 0 bridgehead atoms. The summed E-state index contributed by atoms with van der Waals surface area (Å²) in [6.45, 7) is 1.15. The Morgan fingerprint density at radius 3 is 2.78 bits per heavy atom. The quantitative estimate of drug-likeness (QED) is 0.827. The van der Waals surface area contributed by atoms with Crippen molar-refractivity contribution in [3.63, 3.8) is 0 Å². The van der Waals surface area contributed by atoms with Crippen LogP contribution in [0.1, 0.15) is 19.3 Å². The van der Waals surface area contributed by atoms with Gasteiger partial charge in [0.1, 0.15) is 12.1 Å². The molecule has 8 heteroatoms. The van der Waals surface area contributed by atoms with E-state index in [-0.39, 0.29) is 24.0 Å². The average molecular weight is 319 g/mol. The van der Waals surface area contributed by atoms with Crippen molar-refractivity contribution in [2.24, 2.45) is 0 Å². The van der Waals surface area contributed by atoms with Crippen molar-refractivity contribution in [1.82, 2.24) is 20.4 Å². The summed E-state index contributed by atoms with van der Waals surface area (Å²) in [5.41, 5.74) is 0. The lowest BCUT2D eigenvalue weighted by atomic mass is 10.2. The summed E-state index contributed by atoms with van der Waals surface area (Å²) >= 11 is 0. The van der Waals surface area contributed by atoms with E-state index in [1.54, 1.807) is 11.0 Å². The third-order valence-electron chi connectivity index (χ3n) is 4.12. The van der Waals surface area contributed by atoms with Gasteiger partial charge < -0.3 is 19.9 Å². The number of hydrogen-bond acceptors (Lipinski definition) is 6. The molecule has 1 aromatic rings. The highest BCUT2D eigenvalue weighted by atomic mass is 16.5. The van der Waals surface area contributed by atoms with Gasteiger partial charge >= 0.3 is 0 Å². The molecule has 2 unspecified atom stereocenters. The summed E-state index contributed by atoms with van der Waals surface area (Å²) in [4.78, 5) is 27.2. The first-order chi connectivity index (χ1) is 11.0. The Hall–Kier alpha value is -2.38. The summed E-state index contributed by atoms with van der Waals surface area (Å²) in [6, 6.07) is 3.25. The zero-order valence-electron chi connectivity index (χ0n) is 13.4. The van der Waals surface area contributed by atoms with Crippen molar-refractivity contribution >= 4 is 17.6 Å². The van der Waals surface area contributed by atoms with E-state index in [0.29, 0.717) is 31.8 Å². The van der Waals surface area contributed by atoms with Crippen LogP contribution < -0.4 is 15.0 Å². The van der Waals surface area contributed by atoms with E-state index < -0.39 is 0 Å². The molecule has 124 valence electrons. The molecule has 2 atom stereocenters. The number of likely N-dealkylation sites (tertiary alicyclic amines) is 1. The molecule has 1 N–H and O–H groups in total. The lowest BCUT2D eigenvalue weighted by molar-refractivity contribution is -0.133. The SMILES string of the molecule is CN(C)c1ccc(OC2CCN(C(=O)C3CCC(=O)N3)C2)nn1. The second kappa shape index (κ2) is 6.39. The van der Waals surface area contributed by atoms with E-state index in [1.165, 1.54) is 0 Å². The van der Waals surface area contributed by atoms with Crippen molar-refractivity contribution < 1.29 is 14.3 Å². The van der Waals surface area contributed by atoms with E-state index in [9.17, 15) is 9.59 Å². The van der Waals surface area contributed by atoms with Crippen molar-refractivity contribution in [2.45, 2.75) is 31.4 Å². The van der Waals surface area contributed by atoms with Crippen molar-refractivity contribution in [1.29, 1.82) is 0 Å². The van der Waals surface area contributed by atoms with Crippen LogP contribution in [-0.2, 0) is 9.59 Å². The minimum absolute atomic E-state index is 0.0176. The third-order valence-corrected chi connectivity index (χ3v) is 4.12. The van der Waals surface area contributed by atoms with Crippen molar-refractivity contribution in [2.75, 3.05) is 32.1 Å². The number of aromatic nitrogens is 2. The van der Waals surface area contributed by atoms with Gasteiger partial charge in [0.2, 0.25) is 17.7 Å². The zero-order valence-corrected chi connectivity index (χ0v) is 13.4. The van der Waals surface area contributed by atoms with Crippen LogP contribution in [0.2, 0.25) is 0 Å². The molecule has 0 radical (unpaired) electrons. The number of ether oxygens (including phenoxy) is 1. The summed E-state index contributed by atoms with van der Waals surface area (Å²) in [5.74, 6) is 1.16. The number of nitrogens with one attached hydrogen (secondary N) is 1. The van der Waals surface area contributed by atoms with Gasteiger partial charge in [-0.2, -0.15) is 0 Å². The Labute approximate surface area is 134 Å². The van der Waals surface area contributed by atoms with Crippen LogP contribution >= 0.6 is 0 Å². The summed E-state index contributed by atoms with van der Waals surface area (Å²) < 4.78 is 5.80. The second-order valence-corrected chi connectivity index (χ2v) is 6.10. The third kappa shape index (κ3) is 3.52. The number of anilines is 1. The molecule has 2 amide bonds. The first kappa shape index (κ1) is 15.5. The molecule has 0 aliphatic carbocycles. The Morgan fingerprint density at radius 1 is 1.35 bits per heavy atom. The maximum atomic E-state index is 12.3. The van der Waals surface area contributed by atoms with Crippen LogP contribution in [0, 0.1) is 0 Å². The molecule has 3 rings (SSSR count). The second-order valence-electron chi connectivity index (χ2n) is 6.10. The highest BCUT2D eigenvalue weighted by Crippen LogP contribution is 2.19. The number of rotatable bonds is 4. The molecule has 0 saturated carbocycles. The number of amides is 2. The molecule has 2 aliphatic rings. The van der Waals surface area contributed by atoms with Gasteiger partial charge in [-0.05, 0) is 12.5 Å². The molecule has 1 aromatic heterocycles. The van der Waals surface area contributed by atoms with Gasteiger partial charge in [0.15, 0.2) is 5.82 Å². The fourth-order valence-electron chi connectivity index (χ4n) is 2.83. The minimum atomic E-state index is -0.375. The Bertz CT molecular complexity index is 589. The standard InChI is InChI=1S/C15H21N5O3/c1-19(2)12-4-6-14(18-17-12)23-10-7-8-20(9-10)15(22)11-3-5-13(21)16-11/h4,6,10-11H,3,5,7-9H2,1-2H3,(H,16,21). The van der Waals surface area contributed by atoms with Gasteiger partial charge in [-0.1, -0.05) is 0 Å². The largest absolute Gasteiger partial charge is 0.471 e. The highest BCUT2D eigenvalue weighted by Gasteiger charge is 2.35. The maximum Gasteiger partial charge on any atom is 0.245 e. The van der Waals surface area contributed by atoms with Crippen molar-refractivity contribution in [3.05, 3.63) is 12.1 Å². The van der Waals surface area contributed by atoms with Gasteiger partial charge in [0.25, 0.3) is 0 Å². The van der Waals surface area contributed by atoms with E-state index >= 15 is 0 Å². The topological polar surface area (TPSA) is 87.7 Å². The van der Waals surface area contributed by atoms with Crippen LogP contribution in [0.25, 0.3) is 0 Å². The predicted molar refractivity (Wildman–Crippen MR) is 83.1 cm³/mol. The summed E-state index contributed by atoms with van der Waals surface area (Å²) in [6.07, 6.45) is 1.68. The fraction of sp³-hybridized carbons (Fsp3) is 0.600. The molecule has 2 fully saturated rings. The molecule has 2 saturated heterocycles. The Kier molecular flexibility index (Phi) is 4.31. The van der Waals surface area contributed by atoms with E-state index in [1.807, 2.05) is 25.1 Å². The van der Waals surface area contributed by atoms with E-state index in [2.05, 4.69) is 15.5 Å². The van der Waals surface area contributed by atoms with Gasteiger partial charge in [-0.3, -0.25) is 9.59 Å². The van der Waals surface area contributed by atoms with Crippen LogP contribution in [0.5, 0.6) is 5.88 Å². The summed E-state index contributed by atoms with van der Waals surface area (Å²) in [7, 11) is 3.79. The lowest BCUT2D eigenvalue weighted by Crippen LogP contribution is -2.44. The van der Waals surface area contributed by atoms with E-state index in [4.69, 9.17) is 4.74 Å². The lowest BCUT2D eigenvalue weighted by Gasteiger charge is -2.20. The van der Waals surface area contributed by atoms with Crippen molar-refractivity contribution in [3.8, 4) is 5.88 Å². The molecule has 3 heterocycles. The molecule has 2 aliphatic heterocycles. The minimum Gasteiger partial charge on any atom is -0.471 e. The van der Waals surface area contributed by atoms with Crippen LogP contribution in [0.15, 0.2) is 12.1 Å². The Balaban J connectivity index is 1.53. The molecule has 23 heavy (non-hydrogen) atoms. The fourth-order valence-corrected chi connectivity index (χ4v) is 2.83. The number of carbonyl (C=O) groups is 2. The van der Waals surface area contributed by atoms with Gasteiger partial charge in [0, 0.05) is 39.5 Å². The Morgan fingerprint density at radius 2 is 2.17 bits per heavy atom. The first-order valence-corrected chi connectivity index (χ1v) is 7.79. The molecule has 8 nitrogen and oxygen atoms in total. The molecule has 0 aromatic carbocycles. The zero-order chi connectivity index (χ0) is 16.4. The van der Waals surface area contributed by atoms with Gasteiger partial charge in [0.05, 0.1) is 6.54 Å². The van der Waals surface area contributed by atoms with Crippen LogP contribution in [0.4, 0.5) is 5.82 Å². The van der Waals surface area contributed by atoms with Crippen LogP contribution in [0.3, 0.4) is 0 Å². The average Bonchev–Trinajstić information content (AvgIpc) is 3.16. The number of hydrogen-bond donors (Lipinski definition) is 1. The monoisotopic (exact) mass is 319 g/mol. The maximum absolute atomic E-state index is 12.3. The molecular formula is C15H21N5O3. The number of nitrogens with zero attached hydrogens (tertiary/aromatic N) is 4. The smallest absolute Gasteiger partial charge is 0.245 e. The molecular weight excluding hydrogens is 298 g/mol. The number of carbonyl (C=O) groups excluding carboxylic acids is 2. The van der Waals surface area contributed by atoms with Crippen LogP contribution in [-0.4, -0.2) is 66.2 Å². The normalized spacial score (nSPS) is 23.7. The first-order valence-electron chi connectivity index (χ1n) is 7.79. The van der Waals surface area contributed by atoms with Gasteiger partial charge in [-0.15, -0.1) is 10.2 Å². The van der Waals surface area contributed by atoms with Gasteiger partial charge in [-0.25, -0.2) is 0 Å². The summed E-state index contributed by atoms with van der Waals surface area (Å²) in [5, 5.41) is 10.8. The van der Waals surface area contributed by atoms with E-state index in [0.717, 1.165) is 12.2 Å².